The van der Waals surface area contributed by atoms with Gasteiger partial charge in [-0.3, -0.25) is 14.6 Å². The van der Waals surface area contributed by atoms with Crippen LogP contribution in [-0.4, -0.2) is 34.8 Å². The third-order valence-corrected chi connectivity index (χ3v) is 4.63. The molecule has 0 saturated carbocycles. The van der Waals surface area contributed by atoms with Crippen molar-refractivity contribution < 1.29 is 9.59 Å². The van der Waals surface area contributed by atoms with E-state index < -0.39 is 0 Å². The van der Waals surface area contributed by atoms with E-state index in [1.807, 2.05) is 30.3 Å². The minimum Gasteiger partial charge on any atom is -0.342 e. The van der Waals surface area contributed by atoms with Gasteiger partial charge in [0, 0.05) is 31.1 Å². The van der Waals surface area contributed by atoms with Gasteiger partial charge in [0.1, 0.15) is 0 Å². The van der Waals surface area contributed by atoms with Crippen LogP contribution in [0.15, 0.2) is 30.3 Å². The number of benzene rings is 1. The highest BCUT2D eigenvalue weighted by Crippen LogP contribution is 2.25. The van der Waals surface area contributed by atoms with Crippen LogP contribution in [0.1, 0.15) is 32.4 Å². The number of nitrogens with one attached hydrogen (secondary N) is 1. The van der Waals surface area contributed by atoms with E-state index in [4.69, 9.17) is 0 Å². The zero-order chi connectivity index (χ0) is 17.1. The first-order valence-corrected chi connectivity index (χ1v) is 8.53. The van der Waals surface area contributed by atoms with E-state index in [9.17, 15) is 9.59 Å². The number of rotatable bonds is 3. The third kappa shape index (κ3) is 3.40. The van der Waals surface area contributed by atoms with Crippen LogP contribution in [-0.2, 0) is 16.0 Å². The second kappa shape index (κ2) is 6.99. The fraction of sp³-hybridized carbons (Fsp3) is 0.421. The minimum absolute atomic E-state index is 0.0145. The molecule has 3 rings (SSSR count). The molecule has 1 N–H and O–H groups in total. The lowest BCUT2D eigenvalue weighted by molar-refractivity contribution is -0.132. The van der Waals surface area contributed by atoms with Crippen molar-refractivity contribution >= 4 is 28.4 Å². The number of fused-ring (bicyclic) bond motifs is 1. The van der Waals surface area contributed by atoms with Crippen LogP contribution >= 0.6 is 0 Å². The minimum atomic E-state index is -0.153. The highest BCUT2D eigenvalue weighted by molar-refractivity contribution is 6.02. The van der Waals surface area contributed by atoms with Gasteiger partial charge in [-0.2, -0.15) is 0 Å². The van der Waals surface area contributed by atoms with Gasteiger partial charge in [-0.1, -0.05) is 25.1 Å². The zero-order valence-electron chi connectivity index (χ0n) is 14.2. The molecule has 1 aliphatic rings. The van der Waals surface area contributed by atoms with Gasteiger partial charge in [-0.25, -0.2) is 0 Å². The Labute approximate surface area is 142 Å². The summed E-state index contributed by atoms with van der Waals surface area (Å²) in [6.45, 7) is 4.86. The molecule has 5 nitrogen and oxygen atoms in total. The molecule has 2 amide bonds. The molecule has 0 unspecified atom stereocenters. The molecule has 0 spiro atoms. The predicted molar refractivity (Wildman–Crippen MR) is 94.7 cm³/mol. The number of amides is 2. The molecule has 1 aromatic heterocycles. The third-order valence-electron chi connectivity index (χ3n) is 4.63. The van der Waals surface area contributed by atoms with Gasteiger partial charge in [-0.05, 0) is 31.4 Å². The molecular formula is C19H23N3O2. The number of aromatic nitrogens is 1. The van der Waals surface area contributed by atoms with Crippen LogP contribution < -0.4 is 5.32 Å². The van der Waals surface area contributed by atoms with Crippen LogP contribution in [0, 0.1) is 5.92 Å². The maximum Gasteiger partial charge on any atom is 0.229 e. The normalized spacial score (nSPS) is 17.8. The summed E-state index contributed by atoms with van der Waals surface area (Å²) in [5.74, 6) is -0.130. The summed E-state index contributed by atoms with van der Waals surface area (Å²) in [5.41, 5.74) is 2.65. The SMILES string of the molecule is CCc1cc(NC(=O)[C@@H]2CCCN(C(C)=O)C2)c2ccccc2n1. The number of pyridine rings is 1. The van der Waals surface area contributed by atoms with E-state index in [2.05, 4.69) is 17.2 Å². The summed E-state index contributed by atoms with van der Waals surface area (Å²) >= 11 is 0. The summed E-state index contributed by atoms with van der Waals surface area (Å²) in [7, 11) is 0. The number of para-hydroxylation sites is 1. The van der Waals surface area contributed by atoms with Crippen molar-refractivity contribution in [3.63, 3.8) is 0 Å². The average molecular weight is 325 g/mol. The van der Waals surface area contributed by atoms with E-state index in [-0.39, 0.29) is 17.7 Å². The van der Waals surface area contributed by atoms with E-state index in [1.165, 1.54) is 0 Å². The lowest BCUT2D eigenvalue weighted by Crippen LogP contribution is -2.42. The molecule has 2 aromatic rings. The molecule has 5 heteroatoms. The van der Waals surface area contributed by atoms with Gasteiger partial charge < -0.3 is 10.2 Å². The van der Waals surface area contributed by atoms with Gasteiger partial charge in [-0.15, -0.1) is 0 Å². The second-order valence-corrected chi connectivity index (χ2v) is 6.33. The summed E-state index contributed by atoms with van der Waals surface area (Å²) in [6, 6.07) is 9.78. The predicted octanol–water partition coefficient (Wildman–Crippen LogP) is 2.99. The summed E-state index contributed by atoms with van der Waals surface area (Å²) in [5, 5.41) is 4.02. The Bertz CT molecular complexity index is 772. The van der Waals surface area contributed by atoms with E-state index in [1.54, 1.807) is 11.8 Å². The summed E-state index contributed by atoms with van der Waals surface area (Å²) in [4.78, 5) is 30.6. The smallest absolute Gasteiger partial charge is 0.229 e. The van der Waals surface area contributed by atoms with E-state index >= 15 is 0 Å². The lowest BCUT2D eigenvalue weighted by Gasteiger charge is -2.31. The zero-order valence-corrected chi connectivity index (χ0v) is 14.2. The number of hydrogen-bond acceptors (Lipinski definition) is 3. The monoisotopic (exact) mass is 325 g/mol. The Morgan fingerprint density at radius 2 is 2.12 bits per heavy atom. The Balaban J connectivity index is 1.83. The first-order chi connectivity index (χ1) is 11.6. The van der Waals surface area contributed by atoms with Crippen molar-refractivity contribution in [2.45, 2.75) is 33.1 Å². The number of carbonyl (C=O) groups excluding carboxylic acids is 2. The van der Waals surface area contributed by atoms with Gasteiger partial charge in [0.25, 0.3) is 0 Å². The van der Waals surface area contributed by atoms with Crippen LogP contribution in [0.25, 0.3) is 10.9 Å². The molecule has 24 heavy (non-hydrogen) atoms. The Kier molecular flexibility index (Phi) is 4.79. The maximum atomic E-state index is 12.7. The Morgan fingerprint density at radius 1 is 1.33 bits per heavy atom. The molecule has 1 aromatic carbocycles. The van der Waals surface area contributed by atoms with Crippen molar-refractivity contribution in [3.05, 3.63) is 36.0 Å². The van der Waals surface area contributed by atoms with Crippen LogP contribution in [0.2, 0.25) is 0 Å². The van der Waals surface area contributed by atoms with Crippen molar-refractivity contribution in [2.75, 3.05) is 18.4 Å². The quantitative estimate of drug-likeness (QED) is 0.943. The van der Waals surface area contributed by atoms with Crippen LogP contribution in [0.3, 0.4) is 0 Å². The number of likely N-dealkylation sites (tertiary alicyclic amines) is 1. The number of piperidine rings is 1. The molecule has 1 atom stereocenters. The highest BCUT2D eigenvalue weighted by Gasteiger charge is 2.27. The Hall–Kier alpha value is -2.43. The van der Waals surface area contributed by atoms with Crippen molar-refractivity contribution in [1.29, 1.82) is 0 Å². The molecule has 0 radical (unpaired) electrons. The number of anilines is 1. The molecule has 1 saturated heterocycles. The molecule has 0 bridgehead atoms. The fourth-order valence-corrected chi connectivity index (χ4v) is 3.23. The maximum absolute atomic E-state index is 12.7. The second-order valence-electron chi connectivity index (χ2n) is 6.33. The average Bonchev–Trinajstić information content (AvgIpc) is 2.61. The number of nitrogens with zero attached hydrogens (tertiary/aromatic N) is 2. The van der Waals surface area contributed by atoms with Gasteiger partial charge in [0.05, 0.1) is 17.1 Å². The standard InChI is InChI=1S/C19H23N3O2/c1-3-15-11-18(16-8-4-5-9-17(16)20-15)21-19(24)14-7-6-10-22(12-14)13(2)23/h4-5,8-9,11,14H,3,6-7,10,12H2,1-2H3,(H,20,21,24)/t14-/m1/s1. The number of aryl methyl sites for hydroxylation is 1. The van der Waals surface area contributed by atoms with E-state index in [0.29, 0.717) is 6.54 Å². The summed E-state index contributed by atoms with van der Waals surface area (Å²) in [6.07, 6.45) is 2.50. The molecule has 126 valence electrons. The Morgan fingerprint density at radius 3 is 2.88 bits per heavy atom. The first kappa shape index (κ1) is 16.4. The highest BCUT2D eigenvalue weighted by atomic mass is 16.2. The van der Waals surface area contributed by atoms with Crippen molar-refractivity contribution in [2.24, 2.45) is 5.92 Å². The van der Waals surface area contributed by atoms with Gasteiger partial charge in [0.15, 0.2) is 0 Å². The molecule has 1 fully saturated rings. The molecule has 0 aliphatic carbocycles. The van der Waals surface area contributed by atoms with E-state index in [0.717, 1.165) is 48.1 Å². The molecule has 2 heterocycles. The largest absolute Gasteiger partial charge is 0.342 e. The fourth-order valence-electron chi connectivity index (χ4n) is 3.23. The van der Waals surface area contributed by atoms with Crippen LogP contribution in [0.5, 0.6) is 0 Å². The first-order valence-electron chi connectivity index (χ1n) is 8.53. The number of hydrogen-bond donors (Lipinski definition) is 1. The molecular weight excluding hydrogens is 302 g/mol. The van der Waals surface area contributed by atoms with Gasteiger partial charge in [0.2, 0.25) is 11.8 Å². The molecule has 1 aliphatic heterocycles. The van der Waals surface area contributed by atoms with Crippen molar-refractivity contribution in [3.8, 4) is 0 Å². The lowest BCUT2D eigenvalue weighted by atomic mass is 9.97. The summed E-state index contributed by atoms with van der Waals surface area (Å²) < 4.78 is 0. The van der Waals surface area contributed by atoms with Crippen LogP contribution in [0.4, 0.5) is 5.69 Å². The van der Waals surface area contributed by atoms with Crippen molar-refractivity contribution in [1.82, 2.24) is 9.88 Å². The topological polar surface area (TPSA) is 62.3 Å². The van der Waals surface area contributed by atoms with Gasteiger partial charge >= 0.3 is 0 Å². The number of carbonyl (C=O) groups is 2.